The molecule has 1 saturated heterocycles. The summed E-state index contributed by atoms with van der Waals surface area (Å²) in [5, 5.41) is 3.59. The van der Waals surface area contributed by atoms with Crippen LogP contribution in [0.2, 0.25) is 0 Å². The van der Waals surface area contributed by atoms with Gasteiger partial charge in [0.2, 0.25) is 5.91 Å². The largest absolute Gasteiger partial charge is 0.488 e. The highest BCUT2D eigenvalue weighted by Crippen LogP contribution is 2.38. The molecule has 2 aliphatic rings. The molecule has 4 rings (SSSR count). The van der Waals surface area contributed by atoms with Gasteiger partial charge in [0, 0.05) is 48.5 Å². The molecule has 2 fully saturated rings. The molecule has 2 aromatic rings. The van der Waals surface area contributed by atoms with Gasteiger partial charge in [-0.2, -0.15) is 0 Å². The topological polar surface area (TPSA) is 110 Å². The molecule has 0 radical (unpaired) electrons. The SMILES string of the molecule is CN1CCN(c2cnc(Sc3cc(N)cc(NC(=O)CN)c3)cc2OC2CCCC2)CC1. The molecule has 32 heavy (non-hydrogen) atoms. The van der Waals surface area contributed by atoms with E-state index in [0.717, 1.165) is 60.4 Å². The molecule has 1 saturated carbocycles. The normalized spacial score (nSPS) is 17.5. The summed E-state index contributed by atoms with van der Waals surface area (Å²) in [6, 6.07) is 7.51. The van der Waals surface area contributed by atoms with Crippen LogP contribution in [0.1, 0.15) is 25.7 Å². The van der Waals surface area contributed by atoms with Crippen molar-refractivity contribution in [3.63, 3.8) is 0 Å². The molecule has 0 spiro atoms. The zero-order valence-corrected chi connectivity index (χ0v) is 19.4. The second-order valence-electron chi connectivity index (χ2n) is 8.45. The Morgan fingerprint density at radius 3 is 2.66 bits per heavy atom. The van der Waals surface area contributed by atoms with Crippen molar-refractivity contribution in [2.75, 3.05) is 55.7 Å². The minimum absolute atomic E-state index is 0.0750. The first-order valence-corrected chi connectivity index (χ1v) is 12.0. The van der Waals surface area contributed by atoms with Crippen LogP contribution in [-0.2, 0) is 4.79 Å². The van der Waals surface area contributed by atoms with Gasteiger partial charge in [0.15, 0.2) is 0 Å². The summed E-state index contributed by atoms with van der Waals surface area (Å²) in [7, 11) is 2.15. The van der Waals surface area contributed by atoms with Crippen LogP contribution >= 0.6 is 11.8 Å². The van der Waals surface area contributed by atoms with E-state index in [4.69, 9.17) is 21.2 Å². The van der Waals surface area contributed by atoms with Gasteiger partial charge in [-0.05, 0) is 50.9 Å². The molecule has 9 heteroatoms. The molecule has 5 N–H and O–H groups in total. The number of anilines is 3. The van der Waals surface area contributed by atoms with Crippen molar-refractivity contribution in [3.8, 4) is 5.75 Å². The van der Waals surface area contributed by atoms with Gasteiger partial charge in [-0.15, -0.1) is 0 Å². The van der Waals surface area contributed by atoms with Gasteiger partial charge in [-0.1, -0.05) is 11.8 Å². The van der Waals surface area contributed by atoms with Crippen molar-refractivity contribution in [1.82, 2.24) is 9.88 Å². The maximum absolute atomic E-state index is 11.7. The van der Waals surface area contributed by atoms with Crippen molar-refractivity contribution in [3.05, 3.63) is 30.5 Å². The van der Waals surface area contributed by atoms with Crippen LogP contribution in [0.15, 0.2) is 40.4 Å². The first-order chi connectivity index (χ1) is 15.5. The van der Waals surface area contributed by atoms with Gasteiger partial charge < -0.3 is 31.3 Å². The van der Waals surface area contributed by atoms with E-state index in [9.17, 15) is 4.79 Å². The molecular formula is C23H32N6O2S. The fraction of sp³-hybridized carbons (Fsp3) is 0.478. The van der Waals surface area contributed by atoms with E-state index in [-0.39, 0.29) is 18.6 Å². The van der Waals surface area contributed by atoms with Gasteiger partial charge in [-0.3, -0.25) is 4.79 Å². The molecule has 172 valence electrons. The van der Waals surface area contributed by atoms with Crippen molar-refractivity contribution in [2.45, 2.75) is 41.7 Å². The van der Waals surface area contributed by atoms with Crippen LogP contribution in [0.4, 0.5) is 17.1 Å². The number of ether oxygens (including phenoxy) is 1. The summed E-state index contributed by atoms with van der Waals surface area (Å²) < 4.78 is 6.48. The van der Waals surface area contributed by atoms with Gasteiger partial charge in [-0.25, -0.2) is 4.98 Å². The lowest BCUT2D eigenvalue weighted by Crippen LogP contribution is -2.44. The number of nitrogens with zero attached hydrogens (tertiary/aromatic N) is 3. The van der Waals surface area contributed by atoms with Crippen LogP contribution in [0.3, 0.4) is 0 Å². The van der Waals surface area contributed by atoms with Gasteiger partial charge in [0.1, 0.15) is 10.8 Å². The average Bonchev–Trinajstić information content (AvgIpc) is 3.27. The van der Waals surface area contributed by atoms with E-state index in [2.05, 4.69) is 22.2 Å². The van der Waals surface area contributed by atoms with Gasteiger partial charge in [0.25, 0.3) is 0 Å². The minimum atomic E-state index is -0.256. The summed E-state index contributed by atoms with van der Waals surface area (Å²) in [5.41, 5.74) is 13.7. The van der Waals surface area contributed by atoms with E-state index in [1.807, 2.05) is 24.4 Å². The number of hydrogen-bond acceptors (Lipinski definition) is 8. The fourth-order valence-electron chi connectivity index (χ4n) is 4.12. The summed E-state index contributed by atoms with van der Waals surface area (Å²) in [6.07, 6.45) is 6.86. The highest BCUT2D eigenvalue weighted by Gasteiger charge is 2.23. The predicted molar refractivity (Wildman–Crippen MR) is 129 cm³/mol. The minimum Gasteiger partial charge on any atom is -0.488 e. The second-order valence-corrected chi connectivity index (χ2v) is 9.54. The third-order valence-electron chi connectivity index (χ3n) is 5.88. The Bertz CT molecular complexity index is 942. The van der Waals surface area contributed by atoms with Gasteiger partial charge >= 0.3 is 0 Å². The lowest BCUT2D eigenvalue weighted by Gasteiger charge is -2.35. The zero-order valence-electron chi connectivity index (χ0n) is 18.5. The van der Waals surface area contributed by atoms with Gasteiger partial charge in [0.05, 0.1) is 24.5 Å². The quantitative estimate of drug-likeness (QED) is 0.546. The van der Waals surface area contributed by atoms with Crippen LogP contribution in [0.25, 0.3) is 0 Å². The highest BCUT2D eigenvalue weighted by molar-refractivity contribution is 7.99. The molecule has 0 unspecified atom stereocenters. The number of amides is 1. The summed E-state index contributed by atoms with van der Waals surface area (Å²) in [4.78, 5) is 22.0. The maximum Gasteiger partial charge on any atom is 0.238 e. The maximum atomic E-state index is 11.7. The molecule has 1 amide bonds. The molecule has 1 aromatic heterocycles. The summed E-state index contributed by atoms with van der Waals surface area (Å²) >= 11 is 1.50. The first kappa shape index (κ1) is 22.7. The molecule has 1 aliphatic carbocycles. The van der Waals surface area contributed by atoms with E-state index in [0.29, 0.717) is 11.4 Å². The molecule has 0 bridgehead atoms. The smallest absolute Gasteiger partial charge is 0.238 e. The van der Waals surface area contributed by atoms with E-state index in [1.165, 1.54) is 24.6 Å². The Morgan fingerprint density at radius 1 is 1.19 bits per heavy atom. The van der Waals surface area contributed by atoms with Crippen LogP contribution < -0.4 is 26.4 Å². The van der Waals surface area contributed by atoms with Crippen molar-refractivity contribution in [1.29, 1.82) is 0 Å². The number of aromatic nitrogens is 1. The average molecular weight is 457 g/mol. The fourth-order valence-corrected chi connectivity index (χ4v) is 5.01. The van der Waals surface area contributed by atoms with Crippen LogP contribution in [0.5, 0.6) is 5.75 Å². The Kier molecular flexibility index (Phi) is 7.39. The molecule has 0 atom stereocenters. The lowest BCUT2D eigenvalue weighted by molar-refractivity contribution is -0.114. The Hall–Kier alpha value is -2.49. The molecule has 8 nitrogen and oxygen atoms in total. The predicted octanol–water partition coefficient (Wildman–Crippen LogP) is 2.79. The van der Waals surface area contributed by atoms with Crippen LogP contribution in [0, 0.1) is 0 Å². The Balaban J connectivity index is 1.57. The van der Waals surface area contributed by atoms with Crippen molar-refractivity contribution in [2.24, 2.45) is 5.73 Å². The number of benzene rings is 1. The van der Waals surface area contributed by atoms with Crippen LogP contribution in [-0.4, -0.2) is 61.7 Å². The summed E-state index contributed by atoms with van der Waals surface area (Å²) in [6.45, 7) is 3.91. The number of rotatable bonds is 7. The van der Waals surface area contributed by atoms with E-state index < -0.39 is 0 Å². The van der Waals surface area contributed by atoms with Crippen molar-refractivity contribution >= 4 is 34.7 Å². The summed E-state index contributed by atoms with van der Waals surface area (Å²) in [5.74, 6) is 0.646. The Labute approximate surface area is 193 Å². The number of carbonyl (C=O) groups is 1. The molecule has 1 aromatic carbocycles. The first-order valence-electron chi connectivity index (χ1n) is 11.2. The third kappa shape index (κ3) is 5.85. The number of hydrogen-bond donors (Lipinski definition) is 3. The standard InChI is InChI=1S/C23H32N6O2S/c1-28-6-8-29(9-7-28)20-15-26-23(13-21(20)31-18-4-2-3-5-18)32-19-11-16(25)10-17(12-19)27-22(30)14-24/h10-13,15,18H,2-9,14,24-25H2,1H3,(H,27,30). The third-order valence-corrected chi connectivity index (χ3v) is 6.79. The highest BCUT2D eigenvalue weighted by atomic mass is 32.2. The number of nitrogens with two attached hydrogens (primary N) is 2. The van der Waals surface area contributed by atoms with E-state index in [1.54, 1.807) is 6.07 Å². The lowest BCUT2D eigenvalue weighted by atomic mass is 10.2. The number of carbonyl (C=O) groups excluding carboxylic acids is 1. The van der Waals surface area contributed by atoms with E-state index >= 15 is 0 Å². The number of nitrogen functional groups attached to an aromatic ring is 1. The molecule has 2 heterocycles. The number of piperazine rings is 1. The Morgan fingerprint density at radius 2 is 1.94 bits per heavy atom. The zero-order chi connectivity index (χ0) is 22.5. The monoisotopic (exact) mass is 456 g/mol. The number of pyridine rings is 1. The number of nitrogens with one attached hydrogen (secondary N) is 1. The van der Waals surface area contributed by atoms with Crippen molar-refractivity contribution < 1.29 is 9.53 Å². The number of likely N-dealkylation sites (N-methyl/N-ethyl adjacent to an activating group) is 1. The second kappa shape index (κ2) is 10.4. The molecule has 1 aliphatic heterocycles. The molecular weight excluding hydrogens is 424 g/mol.